The lowest BCUT2D eigenvalue weighted by Gasteiger charge is -2.17. The molecule has 130 valence electrons. The number of hydrogen-bond donors (Lipinski definition) is 2. The molecule has 23 heavy (non-hydrogen) atoms. The van der Waals surface area contributed by atoms with Crippen LogP contribution in [0.5, 0.6) is 0 Å². The third-order valence-corrected chi connectivity index (χ3v) is 4.89. The molecule has 1 aromatic carbocycles. The minimum absolute atomic E-state index is 0.00316. The van der Waals surface area contributed by atoms with Crippen molar-refractivity contribution in [1.82, 2.24) is 14.9 Å². The van der Waals surface area contributed by atoms with Crippen LogP contribution in [0.25, 0.3) is 0 Å². The Bertz CT molecular complexity index is 586. The first-order chi connectivity index (χ1) is 10.9. The van der Waals surface area contributed by atoms with E-state index in [2.05, 4.69) is 28.8 Å². The largest absolute Gasteiger partial charge is 0.355 e. The highest BCUT2D eigenvalue weighted by Gasteiger charge is 2.14. The van der Waals surface area contributed by atoms with Crippen molar-refractivity contribution in [2.24, 2.45) is 0 Å². The summed E-state index contributed by atoms with van der Waals surface area (Å²) in [4.78, 5) is 13.8. The molecule has 1 rings (SSSR count). The van der Waals surface area contributed by atoms with Crippen LogP contribution in [0.1, 0.15) is 20.3 Å². The molecule has 0 aliphatic heterocycles. The van der Waals surface area contributed by atoms with Crippen molar-refractivity contribution in [2.75, 3.05) is 32.7 Å². The number of amides is 1. The van der Waals surface area contributed by atoms with Crippen molar-refractivity contribution < 1.29 is 17.6 Å². The van der Waals surface area contributed by atoms with E-state index in [9.17, 15) is 17.6 Å². The maximum Gasteiger partial charge on any atom is 0.240 e. The minimum atomic E-state index is -3.72. The standard InChI is InChI=1S/C15H24FN3O3S/c1-3-19(4-2)12-11-17-15(20)9-10-18-23(21,22)14-7-5-13(16)6-8-14/h5-8,18H,3-4,9-12H2,1-2H3,(H,17,20). The van der Waals surface area contributed by atoms with E-state index in [1.807, 2.05) is 0 Å². The zero-order valence-corrected chi connectivity index (χ0v) is 14.3. The zero-order valence-electron chi connectivity index (χ0n) is 13.5. The van der Waals surface area contributed by atoms with Crippen molar-refractivity contribution in [3.8, 4) is 0 Å². The highest BCUT2D eigenvalue weighted by molar-refractivity contribution is 7.89. The summed E-state index contributed by atoms with van der Waals surface area (Å²) in [5.41, 5.74) is 0. The summed E-state index contributed by atoms with van der Waals surface area (Å²) in [7, 11) is -3.72. The molecule has 0 aliphatic carbocycles. The van der Waals surface area contributed by atoms with Crippen molar-refractivity contribution in [3.63, 3.8) is 0 Å². The first kappa shape index (κ1) is 19.5. The lowest BCUT2D eigenvalue weighted by molar-refractivity contribution is -0.120. The van der Waals surface area contributed by atoms with Crippen molar-refractivity contribution >= 4 is 15.9 Å². The molecule has 0 fully saturated rings. The summed E-state index contributed by atoms with van der Waals surface area (Å²) in [5, 5.41) is 2.75. The van der Waals surface area contributed by atoms with Gasteiger partial charge in [0.1, 0.15) is 5.82 Å². The topological polar surface area (TPSA) is 78.5 Å². The Hall–Kier alpha value is -1.51. The molecule has 0 bridgehead atoms. The first-order valence-electron chi connectivity index (χ1n) is 7.63. The Labute approximate surface area is 137 Å². The number of nitrogens with one attached hydrogen (secondary N) is 2. The van der Waals surface area contributed by atoms with Crippen molar-refractivity contribution in [2.45, 2.75) is 25.2 Å². The number of rotatable bonds is 10. The van der Waals surface area contributed by atoms with Gasteiger partial charge in [0.25, 0.3) is 0 Å². The molecular formula is C15H24FN3O3S. The molecule has 0 heterocycles. The van der Waals surface area contributed by atoms with Gasteiger partial charge in [0.05, 0.1) is 4.90 Å². The lowest BCUT2D eigenvalue weighted by Crippen LogP contribution is -2.36. The summed E-state index contributed by atoms with van der Waals surface area (Å²) >= 11 is 0. The second-order valence-electron chi connectivity index (χ2n) is 4.98. The molecule has 0 saturated carbocycles. The minimum Gasteiger partial charge on any atom is -0.355 e. The summed E-state index contributed by atoms with van der Waals surface area (Å²) in [5.74, 6) is -0.713. The van der Waals surface area contributed by atoms with Crippen LogP contribution in [0.15, 0.2) is 29.2 Å². The normalized spacial score (nSPS) is 11.7. The molecule has 2 N–H and O–H groups in total. The molecule has 0 aliphatic rings. The zero-order chi connectivity index (χ0) is 17.3. The maximum atomic E-state index is 12.8. The highest BCUT2D eigenvalue weighted by atomic mass is 32.2. The van der Waals surface area contributed by atoms with Crippen LogP contribution >= 0.6 is 0 Å². The van der Waals surface area contributed by atoms with Crippen molar-refractivity contribution in [1.29, 1.82) is 0 Å². The number of benzene rings is 1. The fourth-order valence-electron chi connectivity index (χ4n) is 1.98. The molecule has 0 spiro atoms. The Morgan fingerprint density at radius 2 is 1.74 bits per heavy atom. The highest BCUT2D eigenvalue weighted by Crippen LogP contribution is 2.09. The van der Waals surface area contributed by atoms with Gasteiger partial charge in [-0.05, 0) is 37.4 Å². The number of nitrogens with zero attached hydrogens (tertiary/aromatic N) is 1. The van der Waals surface area contributed by atoms with Gasteiger partial charge in [-0.3, -0.25) is 4.79 Å². The van der Waals surface area contributed by atoms with Gasteiger partial charge in [0.15, 0.2) is 0 Å². The number of carbonyl (C=O) groups excluding carboxylic acids is 1. The average Bonchev–Trinajstić information content (AvgIpc) is 2.52. The van der Waals surface area contributed by atoms with Gasteiger partial charge in [0, 0.05) is 26.1 Å². The molecular weight excluding hydrogens is 321 g/mol. The predicted octanol–water partition coefficient (Wildman–Crippen LogP) is 0.952. The van der Waals surface area contributed by atoms with E-state index in [4.69, 9.17) is 0 Å². The molecule has 6 nitrogen and oxygen atoms in total. The van der Waals surface area contributed by atoms with Crippen LogP contribution in [0, 0.1) is 5.82 Å². The molecule has 1 amide bonds. The third-order valence-electron chi connectivity index (χ3n) is 3.41. The summed E-state index contributed by atoms with van der Waals surface area (Å²) in [6, 6.07) is 4.52. The van der Waals surface area contributed by atoms with Crippen LogP contribution < -0.4 is 10.0 Å². The number of halogens is 1. The Morgan fingerprint density at radius 1 is 1.13 bits per heavy atom. The second kappa shape index (κ2) is 9.59. The Kier molecular flexibility index (Phi) is 8.15. The maximum absolute atomic E-state index is 12.8. The fraction of sp³-hybridized carbons (Fsp3) is 0.533. The number of hydrogen-bond acceptors (Lipinski definition) is 4. The van der Waals surface area contributed by atoms with Crippen LogP contribution in [-0.4, -0.2) is 51.9 Å². The molecule has 1 aromatic rings. The average molecular weight is 345 g/mol. The van der Waals surface area contributed by atoms with Gasteiger partial charge in [-0.25, -0.2) is 17.5 Å². The van der Waals surface area contributed by atoms with Crippen LogP contribution in [0.2, 0.25) is 0 Å². The van der Waals surface area contributed by atoms with E-state index >= 15 is 0 Å². The third kappa shape index (κ3) is 7.06. The SMILES string of the molecule is CCN(CC)CCNC(=O)CCNS(=O)(=O)c1ccc(F)cc1. The number of likely N-dealkylation sites (N-methyl/N-ethyl adjacent to an activating group) is 1. The van der Waals surface area contributed by atoms with Crippen LogP contribution in [0.4, 0.5) is 4.39 Å². The molecule has 0 unspecified atom stereocenters. The Morgan fingerprint density at radius 3 is 2.30 bits per heavy atom. The molecule has 0 saturated heterocycles. The Balaban J connectivity index is 2.32. The predicted molar refractivity (Wildman–Crippen MR) is 87.0 cm³/mol. The monoisotopic (exact) mass is 345 g/mol. The van der Waals surface area contributed by atoms with E-state index in [0.29, 0.717) is 6.54 Å². The van der Waals surface area contributed by atoms with E-state index in [1.165, 1.54) is 12.1 Å². The summed E-state index contributed by atoms with van der Waals surface area (Å²) in [6.07, 6.45) is 0.0542. The van der Waals surface area contributed by atoms with Crippen molar-refractivity contribution in [3.05, 3.63) is 30.1 Å². The van der Waals surface area contributed by atoms with Crippen LogP contribution in [0.3, 0.4) is 0 Å². The van der Waals surface area contributed by atoms with E-state index in [1.54, 1.807) is 0 Å². The molecule has 0 atom stereocenters. The van der Waals surface area contributed by atoms with Gasteiger partial charge < -0.3 is 10.2 Å². The molecule has 0 aromatic heterocycles. The van der Waals surface area contributed by atoms with Gasteiger partial charge in [-0.15, -0.1) is 0 Å². The van der Waals surface area contributed by atoms with Gasteiger partial charge >= 0.3 is 0 Å². The smallest absolute Gasteiger partial charge is 0.240 e. The van der Waals surface area contributed by atoms with Gasteiger partial charge in [-0.1, -0.05) is 13.8 Å². The lowest BCUT2D eigenvalue weighted by atomic mass is 10.4. The van der Waals surface area contributed by atoms with Gasteiger partial charge in [-0.2, -0.15) is 0 Å². The first-order valence-corrected chi connectivity index (χ1v) is 9.11. The fourth-order valence-corrected chi connectivity index (χ4v) is 3.01. The molecule has 0 radical (unpaired) electrons. The second-order valence-corrected chi connectivity index (χ2v) is 6.75. The summed E-state index contributed by atoms with van der Waals surface area (Å²) in [6.45, 7) is 7.24. The summed E-state index contributed by atoms with van der Waals surface area (Å²) < 4.78 is 39.0. The quantitative estimate of drug-likeness (QED) is 0.662. The molecule has 8 heteroatoms. The van der Waals surface area contributed by atoms with Crippen LogP contribution in [-0.2, 0) is 14.8 Å². The van der Waals surface area contributed by atoms with E-state index < -0.39 is 15.8 Å². The van der Waals surface area contributed by atoms with E-state index in [0.717, 1.165) is 31.8 Å². The van der Waals surface area contributed by atoms with Gasteiger partial charge in [0.2, 0.25) is 15.9 Å². The van der Waals surface area contributed by atoms with E-state index in [-0.39, 0.29) is 23.8 Å². The number of carbonyl (C=O) groups is 1. The number of sulfonamides is 1.